The molecule has 3 nitrogen and oxygen atoms in total. The average Bonchev–Trinajstić information content (AvgIpc) is 2.11. The van der Waals surface area contributed by atoms with Crippen LogP contribution in [-0.2, 0) is 14.3 Å². The first-order valence-corrected chi connectivity index (χ1v) is 4.59. The van der Waals surface area contributed by atoms with E-state index in [1.807, 2.05) is 6.92 Å². The predicted molar refractivity (Wildman–Crippen MR) is 49.3 cm³/mol. The van der Waals surface area contributed by atoms with Crippen molar-refractivity contribution in [2.45, 2.75) is 32.5 Å². The molecule has 0 aromatic rings. The third-order valence-corrected chi connectivity index (χ3v) is 2.40. The Morgan fingerprint density at radius 2 is 2.31 bits per heavy atom. The van der Waals surface area contributed by atoms with E-state index in [0.29, 0.717) is 5.92 Å². The van der Waals surface area contributed by atoms with Crippen molar-refractivity contribution in [2.75, 3.05) is 6.61 Å². The lowest BCUT2D eigenvalue weighted by molar-refractivity contribution is -0.163. The molecule has 1 saturated heterocycles. The number of ether oxygens (including phenoxy) is 2. The zero-order chi connectivity index (χ0) is 9.84. The largest absolute Gasteiger partial charge is 0.456 e. The SMILES string of the molecule is C=CC(=O)O[C@@H]1C(C)CCO[C@H]1C. The molecule has 1 heterocycles. The average molecular weight is 184 g/mol. The van der Waals surface area contributed by atoms with Crippen LogP contribution in [0, 0.1) is 5.92 Å². The summed E-state index contributed by atoms with van der Waals surface area (Å²) in [4.78, 5) is 11.0. The van der Waals surface area contributed by atoms with E-state index in [9.17, 15) is 4.79 Å². The van der Waals surface area contributed by atoms with Gasteiger partial charge in [-0.1, -0.05) is 13.5 Å². The fourth-order valence-corrected chi connectivity index (χ4v) is 1.56. The second-order valence-corrected chi connectivity index (χ2v) is 3.45. The summed E-state index contributed by atoms with van der Waals surface area (Å²) in [6.45, 7) is 8.11. The lowest BCUT2D eigenvalue weighted by Gasteiger charge is -2.33. The van der Waals surface area contributed by atoms with Crippen LogP contribution >= 0.6 is 0 Å². The van der Waals surface area contributed by atoms with E-state index in [2.05, 4.69) is 13.5 Å². The Bertz CT molecular complexity index is 190. The van der Waals surface area contributed by atoms with Gasteiger partial charge in [0.25, 0.3) is 0 Å². The van der Waals surface area contributed by atoms with Crippen LogP contribution in [0.5, 0.6) is 0 Å². The lowest BCUT2D eigenvalue weighted by Crippen LogP contribution is -2.41. The van der Waals surface area contributed by atoms with Gasteiger partial charge in [-0.05, 0) is 19.3 Å². The van der Waals surface area contributed by atoms with E-state index in [0.717, 1.165) is 13.0 Å². The molecule has 0 aliphatic carbocycles. The molecule has 0 amide bonds. The van der Waals surface area contributed by atoms with Crippen molar-refractivity contribution in [2.24, 2.45) is 5.92 Å². The Labute approximate surface area is 78.7 Å². The Kier molecular flexibility index (Phi) is 3.48. The van der Waals surface area contributed by atoms with Gasteiger partial charge in [0, 0.05) is 12.7 Å². The minimum absolute atomic E-state index is 0.00681. The molecule has 1 aliphatic heterocycles. The predicted octanol–water partition coefficient (Wildman–Crippen LogP) is 1.53. The highest BCUT2D eigenvalue weighted by Gasteiger charge is 2.31. The summed E-state index contributed by atoms with van der Waals surface area (Å²) >= 11 is 0. The molecule has 3 heteroatoms. The lowest BCUT2D eigenvalue weighted by atomic mass is 9.95. The van der Waals surface area contributed by atoms with Crippen LogP contribution in [0.25, 0.3) is 0 Å². The van der Waals surface area contributed by atoms with Crippen LogP contribution in [0.2, 0.25) is 0 Å². The molecule has 1 aliphatic rings. The van der Waals surface area contributed by atoms with Crippen molar-refractivity contribution in [3.05, 3.63) is 12.7 Å². The molecule has 74 valence electrons. The second kappa shape index (κ2) is 4.42. The zero-order valence-electron chi connectivity index (χ0n) is 8.16. The van der Waals surface area contributed by atoms with Crippen molar-refractivity contribution >= 4 is 5.97 Å². The smallest absolute Gasteiger partial charge is 0.330 e. The highest BCUT2D eigenvalue weighted by Crippen LogP contribution is 2.23. The van der Waals surface area contributed by atoms with E-state index in [4.69, 9.17) is 9.47 Å². The highest BCUT2D eigenvalue weighted by molar-refractivity contribution is 5.81. The zero-order valence-corrected chi connectivity index (χ0v) is 8.16. The maximum atomic E-state index is 11.0. The van der Waals surface area contributed by atoms with E-state index < -0.39 is 0 Å². The van der Waals surface area contributed by atoms with Crippen LogP contribution in [-0.4, -0.2) is 24.8 Å². The third-order valence-electron chi connectivity index (χ3n) is 2.40. The number of hydrogen-bond donors (Lipinski definition) is 0. The number of hydrogen-bond acceptors (Lipinski definition) is 3. The first-order chi connectivity index (χ1) is 6.15. The Morgan fingerprint density at radius 3 is 2.85 bits per heavy atom. The summed E-state index contributed by atoms with van der Waals surface area (Å²) in [7, 11) is 0. The molecule has 3 atom stereocenters. The quantitative estimate of drug-likeness (QED) is 0.482. The monoisotopic (exact) mass is 184 g/mol. The van der Waals surface area contributed by atoms with E-state index >= 15 is 0 Å². The fraction of sp³-hybridized carbons (Fsp3) is 0.700. The summed E-state index contributed by atoms with van der Waals surface area (Å²) in [6.07, 6.45) is 2.00. The van der Waals surface area contributed by atoms with Gasteiger partial charge in [0.2, 0.25) is 0 Å². The normalized spacial score (nSPS) is 33.8. The molecule has 1 rings (SSSR count). The summed E-state index contributed by atoms with van der Waals surface area (Å²) in [5.74, 6) is 0.00171. The molecule has 0 bridgehead atoms. The third kappa shape index (κ3) is 2.56. The van der Waals surface area contributed by atoms with Gasteiger partial charge >= 0.3 is 5.97 Å². The molecule has 1 unspecified atom stereocenters. The van der Waals surface area contributed by atoms with Gasteiger partial charge in [-0.15, -0.1) is 0 Å². The minimum atomic E-state index is -0.366. The molecule has 0 N–H and O–H groups in total. The highest BCUT2D eigenvalue weighted by atomic mass is 16.6. The summed E-state index contributed by atoms with van der Waals surface area (Å²) in [6, 6.07) is 0. The summed E-state index contributed by atoms with van der Waals surface area (Å²) in [5, 5.41) is 0. The minimum Gasteiger partial charge on any atom is -0.456 e. The molecular formula is C10H16O3. The van der Waals surface area contributed by atoms with Gasteiger partial charge < -0.3 is 9.47 Å². The molecule has 1 fully saturated rings. The summed E-state index contributed by atoms with van der Waals surface area (Å²) in [5.41, 5.74) is 0. The molecule has 0 saturated carbocycles. The van der Waals surface area contributed by atoms with Crippen LogP contribution in [0.3, 0.4) is 0 Å². The van der Waals surface area contributed by atoms with Crippen LogP contribution < -0.4 is 0 Å². The number of carbonyl (C=O) groups excluding carboxylic acids is 1. The van der Waals surface area contributed by atoms with Crippen molar-refractivity contribution < 1.29 is 14.3 Å². The van der Waals surface area contributed by atoms with Crippen molar-refractivity contribution in [1.82, 2.24) is 0 Å². The maximum absolute atomic E-state index is 11.0. The van der Waals surface area contributed by atoms with E-state index in [1.54, 1.807) is 0 Å². The molecule has 0 radical (unpaired) electrons. The van der Waals surface area contributed by atoms with Crippen LogP contribution in [0.1, 0.15) is 20.3 Å². The van der Waals surface area contributed by atoms with Gasteiger partial charge in [-0.3, -0.25) is 0 Å². The van der Waals surface area contributed by atoms with Crippen LogP contribution in [0.15, 0.2) is 12.7 Å². The second-order valence-electron chi connectivity index (χ2n) is 3.45. The number of carbonyl (C=O) groups is 1. The molecule has 0 aromatic carbocycles. The Balaban J connectivity index is 2.53. The van der Waals surface area contributed by atoms with Gasteiger partial charge in [-0.25, -0.2) is 4.79 Å². The first-order valence-electron chi connectivity index (χ1n) is 4.59. The number of esters is 1. The molecule has 0 aromatic heterocycles. The molecule has 13 heavy (non-hydrogen) atoms. The Hall–Kier alpha value is -0.830. The van der Waals surface area contributed by atoms with Gasteiger partial charge in [0.1, 0.15) is 6.10 Å². The fourth-order valence-electron chi connectivity index (χ4n) is 1.56. The molecule has 0 spiro atoms. The Morgan fingerprint density at radius 1 is 1.62 bits per heavy atom. The van der Waals surface area contributed by atoms with Gasteiger partial charge in [-0.2, -0.15) is 0 Å². The van der Waals surface area contributed by atoms with E-state index in [-0.39, 0.29) is 18.2 Å². The molecular weight excluding hydrogens is 168 g/mol. The standard InChI is InChI=1S/C10H16O3/c1-4-9(11)13-10-7(2)5-6-12-8(10)3/h4,7-8,10H,1,5-6H2,2-3H3/t7?,8-,10+/m0/s1. The van der Waals surface area contributed by atoms with E-state index in [1.165, 1.54) is 6.08 Å². The number of rotatable bonds is 2. The van der Waals surface area contributed by atoms with Gasteiger partial charge in [0.15, 0.2) is 0 Å². The van der Waals surface area contributed by atoms with Gasteiger partial charge in [0.05, 0.1) is 6.10 Å². The van der Waals surface area contributed by atoms with Crippen molar-refractivity contribution in [3.8, 4) is 0 Å². The topological polar surface area (TPSA) is 35.5 Å². The summed E-state index contributed by atoms with van der Waals surface area (Å²) < 4.78 is 10.6. The van der Waals surface area contributed by atoms with Crippen molar-refractivity contribution in [1.29, 1.82) is 0 Å². The van der Waals surface area contributed by atoms with Crippen molar-refractivity contribution in [3.63, 3.8) is 0 Å². The van der Waals surface area contributed by atoms with Crippen LogP contribution in [0.4, 0.5) is 0 Å². The first kappa shape index (κ1) is 10.3. The maximum Gasteiger partial charge on any atom is 0.330 e.